The largest absolute Gasteiger partial charge is 0.308 e. The van der Waals surface area contributed by atoms with Crippen molar-refractivity contribution in [3.05, 3.63) is 64.7 Å². The van der Waals surface area contributed by atoms with Gasteiger partial charge in [0.05, 0.1) is 5.75 Å². The van der Waals surface area contributed by atoms with Crippen molar-refractivity contribution in [2.24, 2.45) is 0 Å². The summed E-state index contributed by atoms with van der Waals surface area (Å²) in [6, 6.07) is 13.4. The molecule has 0 atom stereocenters. The number of hydrogen-bond acceptors (Lipinski definition) is 3. The molecule has 1 amide bonds. The van der Waals surface area contributed by atoms with Crippen LogP contribution in [0.1, 0.15) is 40.4 Å². The summed E-state index contributed by atoms with van der Waals surface area (Å²) < 4.78 is 26.2. The molecule has 1 N–H and O–H groups in total. The molecule has 5 nitrogen and oxygen atoms in total. The molecular weight excluding hydrogens is 348 g/mol. The van der Waals surface area contributed by atoms with Crippen LogP contribution in [0, 0.1) is 6.92 Å². The van der Waals surface area contributed by atoms with Gasteiger partial charge < -0.3 is 4.90 Å². The minimum absolute atomic E-state index is 0.00356. The van der Waals surface area contributed by atoms with E-state index in [-0.39, 0.29) is 18.2 Å². The highest BCUT2D eigenvalue weighted by Crippen LogP contribution is 2.30. The summed E-state index contributed by atoms with van der Waals surface area (Å²) in [4.78, 5) is 14.6. The topological polar surface area (TPSA) is 66.5 Å². The van der Waals surface area contributed by atoms with Crippen LogP contribution in [0.5, 0.6) is 0 Å². The highest BCUT2D eigenvalue weighted by Gasteiger charge is 2.25. The molecule has 0 saturated heterocycles. The first-order valence-corrected chi connectivity index (χ1v) is 10.5. The van der Waals surface area contributed by atoms with Crippen LogP contribution in [0.2, 0.25) is 0 Å². The second-order valence-corrected chi connectivity index (χ2v) is 8.61. The summed E-state index contributed by atoms with van der Waals surface area (Å²) >= 11 is 0. The van der Waals surface area contributed by atoms with Crippen LogP contribution >= 0.6 is 0 Å². The number of carbonyl (C=O) groups excluding carboxylic acids is 1. The predicted octanol–water partition coefficient (Wildman–Crippen LogP) is 3.03. The number of hydrogen-bond donors (Lipinski definition) is 1. The van der Waals surface area contributed by atoms with Crippen LogP contribution in [0.15, 0.2) is 42.5 Å². The van der Waals surface area contributed by atoms with Gasteiger partial charge in [-0.3, -0.25) is 4.79 Å². The zero-order chi connectivity index (χ0) is 18.7. The zero-order valence-electron chi connectivity index (χ0n) is 15.2. The Kier molecular flexibility index (Phi) is 5.44. The molecule has 138 valence electrons. The van der Waals surface area contributed by atoms with E-state index in [1.807, 2.05) is 56.3 Å². The van der Waals surface area contributed by atoms with Crippen molar-refractivity contribution < 1.29 is 13.2 Å². The van der Waals surface area contributed by atoms with Gasteiger partial charge in [-0.2, -0.15) is 0 Å². The molecule has 2 aromatic carbocycles. The van der Waals surface area contributed by atoms with Crippen LogP contribution in [-0.4, -0.2) is 26.6 Å². The third-order valence-electron chi connectivity index (χ3n) is 4.52. The molecule has 6 heteroatoms. The summed E-state index contributed by atoms with van der Waals surface area (Å²) in [7, 11) is -3.22. The lowest BCUT2D eigenvalue weighted by atomic mass is 10.1. The van der Waals surface area contributed by atoms with Crippen LogP contribution in [0.3, 0.4) is 0 Å². The number of benzene rings is 2. The number of sulfonamides is 1. The van der Waals surface area contributed by atoms with Crippen LogP contribution in [0.4, 0.5) is 5.69 Å². The monoisotopic (exact) mass is 372 g/mol. The first-order valence-electron chi connectivity index (χ1n) is 8.87. The van der Waals surface area contributed by atoms with E-state index in [2.05, 4.69) is 4.72 Å². The minimum atomic E-state index is -3.22. The van der Waals surface area contributed by atoms with E-state index < -0.39 is 10.0 Å². The van der Waals surface area contributed by atoms with Crippen molar-refractivity contribution in [2.45, 2.75) is 33.2 Å². The fourth-order valence-electron chi connectivity index (χ4n) is 3.24. The lowest BCUT2D eigenvalue weighted by molar-refractivity contribution is 0.0989. The number of nitrogens with zero attached hydrogens (tertiary/aromatic N) is 1. The highest BCUT2D eigenvalue weighted by atomic mass is 32.2. The van der Waals surface area contributed by atoms with E-state index in [0.717, 1.165) is 28.8 Å². The molecule has 0 unspecified atom stereocenters. The van der Waals surface area contributed by atoms with E-state index in [1.54, 1.807) is 4.90 Å². The molecule has 0 saturated carbocycles. The molecule has 1 aliphatic rings. The van der Waals surface area contributed by atoms with Crippen molar-refractivity contribution in [3.63, 3.8) is 0 Å². The fraction of sp³-hybridized carbons (Fsp3) is 0.350. The SMILES string of the molecule is CCCS(=O)(=O)NCc1ccc2c(c1)CCN2C(=O)c1cccc(C)c1. The third-order valence-corrected chi connectivity index (χ3v) is 6.05. The Morgan fingerprint density at radius 2 is 2.00 bits per heavy atom. The molecule has 1 aliphatic heterocycles. The molecule has 0 radical (unpaired) electrons. The molecule has 0 bridgehead atoms. The molecule has 1 heterocycles. The first-order chi connectivity index (χ1) is 12.4. The van der Waals surface area contributed by atoms with Gasteiger partial charge in [0.2, 0.25) is 10.0 Å². The van der Waals surface area contributed by atoms with Gasteiger partial charge in [-0.25, -0.2) is 13.1 Å². The zero-order valence-corrected chi connectivity index (χ0v) is 16.0. The first kappa shape index (κ1) is 18.6. The second-order valence-electron chi connectivity index (χ2n) is 6.68. The lowest BCUT2D eigenvalue weighted by Crippen LogP contribution is -2.29. The van der Waals surface area contributed by atoms with Gasteiger partial charge in [0.25, 0.3) is 5.91 Å². The van der Waals surface area contributed by atoms with Crippen molar-refractivity contribution >= 4 is 21.6 Å². The van der Waals surface area contributed by atoms with Gasteiger partial charge in [-0.1, -0.05) is 36.8 Å². The normalized spacial score (nSPS) is 13.7. The minimum Gasteiger partial charge on any atom is -0.308 e. The van der Waals surface area contributed by atoms with Crippen molar-refractivity contribution in [1.29, 1.82) is 0 Å². The van der Waals surface area contributed by atoms with Crippen LogP contribution in [0.25, 0.3) is 0 Å². The molecule has 3 rings (SSSR count). The molecule has 0 aromatic heterocycles. The quantitative estimate of drug-likeness (QED) is 0.848. The molecule has 2 aromatic rings. The summed E-state index contributed by atoms with van der Waals surface area (Å²) in [6.07, 6.45) is 1.37. The maximum atomic E-state index is 12.8. The average Bonchev–Trinajstić information content (AvgIpc) is 3.02. The number of anilines is 1. The van der Waals surface area contributed by atoms with Gasteiger partial charge in [0.15, 0.2) is 0 Å². The Labute approximate surface area is 155 Å². The van der Waals surface area contributed by atoms with Gasteiger partial charge in [0.1, 0.15) is 0 Å². The van der Waals surface area contributed by atoms with E-state index in [9.17, 15) is 13.2 Å². The number of carbonyl (C=O) groups is 1. The van der Waals surface area contributed by atoms with Crippen LogP contribution < -0.4 is 9.62 Å². The standard InChI is InChI=1S/C20H24N2O3S/c1-3-11-26(24,25)21-14-16-7-8-19-17(13-16)9-10-22(19)20(23)18-6-4-5-15(2)12-18/h4-8,12-13,21H,3,9-11,14H2,1-2H3. The second kappa shape index (κ2) is 7.60. The van der Waals surface area contributed by atoms with Crippen LogP contribution in [-0.2, 0) is 23.0 Å². The molecule has 0 fully saturated rings. The smallest absolute Gasteiger partial charge is 0.258 e. The Bertz CT molecular complexity index is 922. The Morgan fingerprint density at radius 3 is 2.73 bits per heavy atom. The van der Waals surface area contributed by atoms with E-state index in [4.69, 9.17) is 0 Å². The van der Waals surface area contributed by atoms with Crippen molar-refractivity contribution in [3.8, 4) is 0 Å². The Balaban J connectivity index is 1.75. The lowest BCUT2D eigenvalue weighted by Gasteiger charge is -2.18. The number of amides is 1. The molecule has 0 aliphatic carbocycles. The average molecular weight is 372 g/mol. The summed E-state index contributed by atoms with van der Waals surface area (Å²) in [6.45, 7) is 4.74. The van der Waals surface area contributed by atoms with E-state index in [1.165, 1.54) is 0 Å². The molecule has 0 spiro atoms. The summed E-state index contributed by atoms with van der Waals surface area (Å²) in [5, 5.41) is 0. The number of nitrogens with one attached hydrogen (secondary N) is 1. The molecule has 26 heavy (non-hydrogen) atoms. The van der Waals surface area contributed by atoms with Crippen molar-refractivity contribution in [2.75, 3.05) is 17.2 Å². The van der Waals surface area contributed by atoms with Gasteiger partial charge in [-0.15, -0.1) is 0 Å². The Morgan fingerprint density at radius 1 is 1.19 bits per heavy atom. The van der Waals surface area contributed by atoms with E-state index in [0.29, 0.717) is 18.5 Å². The number of rotatable bonds is 6. The maximum Gasteiger partial charge on any atom is 0.258 e. The van der Waals surface area contributed by atoms with Crippen molar-refractivity contribution in [1.82, 2.24) is 4.72 Å². The fourth-order valence-corrected chi connectivity index (χ4v) is 4.31. The summed E-state index contributed by atoms with van der Waals surface area (Å²) in [5.74, 6) is 0.139. The van der Waals surface area contributed by atoms with Gasteiger partial charge >= 0.3 is 0 Å². The molecular formula is C20H24N2O3S. The Hall–Kier alpha value is -2.18. The van der Waals surface area contributed by atoms with Gasteiger partial charge in [0, 0.05) is 24.3 Å². The maximum absolute atomic E-state index is 12.8. The van der Waals surface area contributed by atoms with E-state index >= 15 is 0 Å². The number of fused-ring (bicyclic) bond motifs is 1. The van der Waals surface area contributed by atoms with Gasteiger partial charge in [-0.05, 0) is 49.1 Å². The number of aryl methyl sites for hydroxylation is 1. The summed E-state index contributed by atoms with van der Waals surface area (Å²) in [5.41, 5.74) is 4.65. The predicted molar refractivity (Wildman–Crippen MR) is 104 cm³/mol. The highest BCUT2D eigenvalue weighted by molar-refractivity contribution is 7.89. The third kappa shape index (κ3) is 4.14.